The van der Waals surface area contributed by atoms with Gasteiger partial charge in [0.25, 0.3) is 0 Å². The van der Waals surface area contributed by atoms with E-state index in [1.807, 2.05) is 0 Å². The van der Waals surface area contributed by atoms with Crippen LogP contribution in [0.3, 0.4) is 0 Å². The molecule has 1 aliphatic rings. The maximum atomic E-state index is 12.7. The number of benzene rings is 1. The van der Waals surface area contributed by atoms with Crippen LogP contribution >= 0.6 is 0 Å². The molecule has 0 aliphatic heterocycles. The molecule has 0 heterocycles. The van der Waals surface area contributed by atoms with Crippen LogP contribution in [0.1, 0.15) is 49.7 Å². The van der Waals surface area contributed by atoms with Crippen molar-refractivity contribution in [1.29, 1.82) is 0 Å². The van der Waals surface area contributed by atoms with E-state index in [9.17, 15) is 22.8 Å². The van der Waals surface area contributed by atoms with Gasteiger partial charge in [0.15, 0.2) is 0 Å². The molecule has 0 spiro atoms. The number of nitrogens with two attached hydrogens (primary N) is 1. The van der Waals surface area contributed by atoms with Crippen LogP contribution in [0.15, 0.2) is 24.3 Å². The summed E-state index contributed by atoms with van der Waals surface area (Å²) in [7, 11) is 0. The summed E-state index contributed by atoms with van der Waals surface area (Å²) in [4.78, 5) is 25.2. The van der Waals surface area contributed by atoms with Crippen LogP contribution in [-0.4, -0.2) is 42.9 Å². The predicted octanol–water partition coefficient (Wildman–Crippen LogP) is 2.93. The fourth-order valence-electron chi connectivity index (χ4n) is 3.60. The first kappa shape index (κ1) is 23.7. The highest BCUT2D eigenvalue weighted by Gasteiger charge is 2.30. The fraction of sp³-hybridized carbons (Fsp3) is 0.545. The van der Waals surface area contributed by atoms with Gasteiger partial charge in [-0.05, 0) is 37.1 Å². The first-order chi connectivity index (χ1) is 14.2. The van der Waals surface area contributed by atoms with Gasteiger partial charge in [-0.1, -0.05) is 50.0 Å². The molecule has 164 valence electrons. The van der Waals surface area contributed by atoms with Gasteiger partial charge in [-0.2, -0.15) is 13.2 Å². The largest absolute Gasteiger partial charge is 0.416 e. The summed E-state index contributed by atoms with van der Waals surface area (Å²) >= 11 is 0. The predicted molar refractivity (Wildman–Crippen MR) is 108 cm³/mol. The Balaban J connectivity index is 1.81. The topological polar surface area (TPSA) is 75.4 Å². The number of alkyl halides is 3. The summed E-state index contributed by atoms with van der Waals surface area (Å²) in [5, 5.41) is 2.61. The highest BCUT2D eigenvalue weighted by molar-refractivity contribution is 5.80. The van der Waals surface area contributed by atoms with Crippen LogP contribution in [-0.2, 0) is 15.8 Å². The fourth-order valence-corrected chi connectivity index (χ4v) is 3.60. The Morgan fingerprint density at radius 3 is 2.57 bits per heavy atom. The molecule has 8 heteroatoms. The molecule has 0 atom stereocenters. The summed E-state index contributed by atoms with van der Waals surface area (Å²) in [6.07, 6.45) is 2.59. The Labute approximate surface area is 175 Å². The van der Waals surface area contributed by atoms with E-state index >= 15 is 0 Å². The molecule has 0 saturated heterocycles. The average molecular weight is 423 g/mol. The van der Waals surface area contributed by atoms with Gasteiger partial charge in [0.1, 0.15) is 0 Å². The van der Waals surface area contributed by atoms with Gasteiger partial charge in [0.05, 0.1) is 25.2 Å². The number of carbonyl (C=O) groups is 2. The van der Waals surface area contributed by atoms with Crippen LogP contribution < -0.4 is 11.1 Å². The minimum absolute atomic E-state index is 0.00210. The van der Waals surface area contributed by atoms with E-state index in [0.29, 0.717) is 12.5 Å². The standard InChI is InChI=1S/C22H28F3N3O2/c23-22(24,25)19-10-4-8-18(14-19)9-5-12-27-21(30)16-28(15-20(26)29)13-11-17-6-2-1-3-7-17/h4,8,10,14,17H,1-3,6-7,11-13,15-16H2,(H2,26,29)(H,27,30). The summed E-state index contributed by atoms with van der Waals surface area (Å²) in [5.41, 5.74) is 4.75. The lowest BCUT2D eigenvalue weighted by Crippen LogP contribution is -2.42. The molecule has 1 aromatic rings. The minimum atomic E-state index is -4.42. The number of primary amides is 1. The lowest BCUT2D eigenvalue weighted by molar-refractivity contribution is -0.137. The van der Waals surface area contributed by atoms with Gasteiger partial charge >= 0.3 is 6.18 Å². The zero-order valence-electron chi connectivity index (χ0n) is 16.9. The van der Waals surface area contributed by atoms with E-state index in [4.69, 9.17) is 5.73 Å². The third kappa shape index (κ3) is 8.87. The molecule has 1 fully saturated rings. The van der Waals surface area contributed by atoms with Gasteiger partial charge in [-0.15, -0.1) is 0 Å². The SMILES string of the molecule is NC(=O)CN(CCC1CCCCC1)CC(=O)NCC#Cc1cccc(C(F)(F)F)c1. The van der Waals surface area contributed by atoms with E-state index in [1.54, 1.807) is 4.90 Å². The average Bonchev–Trinajstić information content (AvgIpc) is 2.69. The Morgan fingerprint density at radius 2 is 1.90 bits per heavy atom. The molecule has 1 aromatic carbocycles. The molecular formula is C22H28F3N3O2. The monoisotopic (exact) mass is 423 g/mol. The van der Waals surface area contributed by atoms with Crippen molar-refractivity contribution in [1.82, 2.24) is 10.2 Å². The molecular weight excluding hydrogens is 395 g/mol. The summed E-state index contributed by atoms with van der Waals surface area (Å²) < 4.78 is 38.1. The van der Waals surface area contributed by atoms with Crippen molar-refractivity contribution < 1.29 is 22.8 Å². The second-order valence-corrected chi connectivity index (χ2v) is 7.63. The normalized spacial score (nSPS) is 14.8. The van der Waals surface area contributed by atoms with E-state index < -0.39 is 17.6 Å². The Bertz CT molecular complexity index is 778. The van der Waals surface area contributed by atoms with Crippen LogP contribution in [0, 0.1) is 17.8 Å². The molecule has 0 radical (unpaired) electrons. The third-order valence-electron chi connectivity index (χ3n) is 5.12. The quantitative estimate of drug-likeness (QED) is 0.632. The number of hydrogen-bond acceptors (Lipinski definition) is 3. The number of nitrogens with one attached hydrogen (secondary N) is 1. The molecule has 2 rings (SSSR count). The molecule has 30 heavy (non-hydrogen) atoms. The van der Waals surface area contributed by atoms with Crippen LogP contribution in [0.4, 0.5) is 13.2 Å². The van der Waals surface area contributed by atoms with E-state index in [-0.39, 0.29) is 31.1 Å². The van der Waals surface area contributed by atoms with Crippen molar-refractivity contribution in [3.8, 4) is 11.8 Å². The Hall–Kier alpha value is -2.53. The second-order valence-electron chi connectivity index (χ2n) is 7.63. The molecule has 5 nitrogen and oxygen atoms in total. The number of hydrogen-bond donors (Lipinski definition) is 2. The van der Waals surface area contributed by atoms with Crippen molar-refractivity contribution >= 4 is 11.8 Å². The first-order valence-electron chi connectivity index (χ1n) is 10.2. The van der Waals surface area contributed by atoms with Gasteiger partial charge in [-0.3, -0.25) is 14.5 Å². The molecule has 0 aromatic heterocycles. The molecule has 1 saturated carbocycles. The van der Waals surface area contributed by atoms with Crippen molar-refractivity contribution in [2.24, 2.45) is 11.7 Å². The molecule has 3 N–H and O–H groups in total. The zero-order chi connectivity index (χ0) is 22.0. The summed E-state index contributed by atoms with van der Waals surface area (Å²) in [6, 6.07) is 4.71. The smallest absolute Gasteiger partial charge is 0.369 e. The number of amides is 2. The Kier molecular flexibility index (Phi) is 9.18. The van der Waals surface area contributed by atoms with Gasteiger partial charge in [-0.25, -0.2) is 0 Å². The van der Waals surface area contributed by atoms with Gasteiger partial charge in [0, 0.05) is 5.56 Å². The zero-order valence-corrected chi connectivity index (χ0v) is 16.9. The molecule has 2 amide bonds. The third-order valence-corrected chi connectivity index (χ3v) is 5.12. The molecule has 0 bridgehead atoms. The van der Waals surface area contributed by atoms with E-state index in [2.05, 4.69) is 17.2 Å². The lowest BCUT2D eigenvalue weighted by Gasteiger charge is -2.25. The van der Waals surface area contributed by atoms with Crippen molar-refractivity contribution in [3.63, 3.8) is 0 Å². The highest BCUT2D eigenvalue weighted by atomic mass is 19.4. The maximum absolute atomic E-state index is 12.7. The summed E-state index contributed by atoms with van der Waals surface area (Å²) in [6.45, 7) is 0.663. The van der Waals surface area contributed by atoms with Crippen LogP contribution in [0.2, 0.25) is 0 Å². The van der Waals surface area contributed by atoms with E-state index in [1.165, 1.54) is 44.2 Å². The number of nitrogens with zero attached hydrogens (tertiary/aromatic N) is 1. The lowest BCUT2D eigenvalue weighted by atomic mass is 9.87. The molecule has 0 unspecified atom stereocenters. The first-order valence-corrected chi connectivity index (χ1v) is 10.2. The highest BCUT2D eigenvalue weighted by Crippen LogP contribution is 2.29. The van der Waals surface area contributed by atoms with Crippen molar-refractivity contribution in [2.75, 3.05) is 26.2 Å². The Morgan fingerprint density at radius 1 is 1.17 bits per heavy atom. The van der Waals surface area contributed by atoms with E-state index in [0.717, 1.165) is 18.6 Å². The number of halogens is 3. The number of carbonyl (C=O) groups excluding carboxylic acids is 2. The van der Waals surface area contributed by atoms with Crippen LogP contribution in [0.25, 0.3) is 0 Å². The van der Waals surface area contributed by atoms with Crippen molar-refractivity contribution in [3.05, 3.63) is 35.4 Å². The maximum Gasteiger partial charge on any atom is 0.416 e. The number of rotatable bonds is 8. The second kappa shape index (κ2) is 11.6. The van der Waals surface area contributed by atoms with Gasteiger partial charge in [0.2, 0.25) is 11.8 Å². The van der Waals surface area contributed by atoms with Crippen LogP contribution in [0.5, 0.6) is 0 Å². The van der Waals surface area contributed by atoms with Gasteiger partial charge < -0.3 is 11.1 Å². The summed E-state index contributed by atoms with van der Waals surface area (Å²) in [5.74, 6) is 5.09. The molecule has 1 aliphatic carbocycles. The minimum Gasteiger partial charge on any atom is -0.369 e. The van der Waals surface area contributed by atoms with Crippen molar-refractivity contribution in [2.45, 2.75) is 44.7 Å².